The quantitative estimate of drug-likeness (QED) is 0.815. The van der Waals surface area contributed by atoms with E-state index in [1.54, 1.807) is 7.11 Å². The highest BCUT2D eigenvalue weighted by molar-refractivity contribution is 5.27. The number of methoxy groups -OCH3 is 1. The van der Waals surface area contributed by atoms with E-state index < -0.39 is 0 Å². The third-order valence-corrected chi connectivity index (χ3v) is 4.97. The van der Waals surface area contributed by atoms with Crippen LogP contribution < -0.4 is 10.1 Å². The van der Waals surface area contributed by atoms with Crippen molar-refractivity contribution in [2.24, 2.45) is 0 Å². The molecule has 1 aliphatic heterocycles. The van der Waals surface area contributed by atoms with Crippen LogP contribution in [0.3, 0.4) is 0 Å². The summed E-state index contributed by atoms with van der Waals surface area (Å²) in [5.74, 6) is 0.924. The van der Waals surface area contributed by atoms with Crippen LogP contribution in [0.5, 0.6) is 5.75 Å². The minimum atomic E-state index is 0.266. The summed E-state index contributed by atoms with van der Waals surface area (Å²) in [6, 6.07) is 8.33. The minimum absolute atomic E-state index is 0.266. The molecular weight excluding hydrogens is 262 g/mol. The molecule has 1 N–H and O–H groups in total. The monoisotopic (exact) mass is 289 g/mol. The first-order valence-electron chi connectivity index (χ1n) is 8.31. The number of rotatable bonds is 6. The molecular formula is C18H27NO2. The fourth-order valence-corrected chi connectivity index (χ4v) is 3.71. The minimum Gasteiger partial charge on any atom is -0.497 e. The van der Waals surface area contributed by atoms with Crippen LogP contribution in [0, 0.1) is 0 Å². The highest BCUT2D eigenvalue weighted by Gasteiger charge is 2.41. The van der Waals surface area contributed by atoms with Gasteiger partial charge in [-0.15, -0.1) is 0 Å². The lowest BCUT2D eigenvalue weighted by Crippen LogP contribution is -2.31. The van der Waals surface area contributed by atoms with Crippen LogP contribution >= 0.6 is 0 Å². The van der Waals surface area contributed by atoms with Crippen molar-refractivity contribution >= 4 is 0 Å². The second-order valence-corrected chi connectivity index (χ2v) is 6.47. The van der Waals surface area contributed by atoms with Gasteiger partial charge in [0.05, 0.1) is 18.8 Å². The summed E-state index contributed by atoms with van der Waals surface area (Å²) in [5, 5.41) is 3.55. The molecule has 0 amide bonds. The van der Waals surface area contributed by atoms with E-state index in [1.807, 2.05) is 12.1 Å². The topological polar surface area (TPSA) is 30.5 Å². The molecule has 0 aromatic heterocycles. The summed E-state index contributed by atoms with van der Waals surface area (Å²) in [7, 11) is 1.70. The molecule has 1 saturated heterocycles. The number of hydrogen-bond acceptors (Lipinski definition) is 3. The number of hydrogen-bond donors (Lipinski definition) is 1. The number of nitrogens with one attached hydrogen (secondary N) is 1. The largest absolute Gasteiger partial charge is 0.497 e. The molecule has 0 bridgehead atoms. The fraction of sp³-hybridized carbons (Fsp3) is 0.667. The Hall–Kier alpha value is -1.06. The average molecular weight is 289 g/mol. The highest BCUT2D eigenvalue weighted by Crippen LogP contribution is 2.43. The van der Waals surface area contributed by atoms with Gasteiger partial charge >= 0.3 is 0 Å². The van der Waals surface area contributed by atoms with Crippen molar-refractivity contribution in [3.8, 4) is 5.75 Å². The zero-order valence-corrected chi connectivity index (χ0v) is 13.1. The Bertz CT molecular complexity index is 437. The van der Waals surface area contributed by atoms with Gasteiger partial charge in [-0.3, -0.25) is 0 Å². The van der Waals surface area contributed by atoms with E-state index in [1.165, 1.54) is 44.1 Å². The van der Waals surface area contributed by atoms with Gasteiger partial charge in [0.25, 0.3) is 0 Å². The predicted octanol–water partition coefficient (Wildman–Crippen LogP) is 3.32. The lowest BCUT2D eigenvalue weighted by Gasteiger charge is -2.23. The Morgan fingerprint density at radius 1 is 1.19 bits per heavy atom. The van der Waals surface area contributed by atoms with Crippen molar-refractivity contribution in [3.05, 3.63) is 29.8 Å². The Morgan fingerprint density at radius 3 is 2.67 bits per heavy atom. The molecule has 1 unspecified atom stereocenters. The first-order valence-corrected chi connectivity index (χ1v) is 8.31. The van der Waals surface area contributed by atoms with E-state index in [-0.39, 0.29) is 5.60 Å². The zero-order valence-electron chi connectivity index (χ0n) is 13.1. The molecule has 3 nitrogen and oxygen atoms in total. The van der Waals surface area contributed by atoms with Gasteiger partial charge < -0.3 is 14.8 Å². The number of benzene rings is 1. The third-order valence-electron chi connectivity index (χ3n) is 4.97. The molecule has 1 spiro atoms. The molecule has 1 aromatic carbocycles. The van der Waals surface area contributed by atoms with Gasteiger partial charge in [0.15, 0.2) is 0 Å². The molecule has 21 heavy (non-hydrogen) atoms. The lowest BCUT2D eigenvalue weighted by atomic mass is 9.98. The SMILES string of the molecule is COc1ccc(CCNCC2CCC3(CCCC3)O2)cc1. The molecule has 3 heteroatoms. The van der Waals surface area contributed by atoms with Crippen molar-refractivity contribution in [3.63, 3.8) is 0 Å². The van der Waals surface area contributed by atoms with Crippen molar-refractivity contribution in [1.82, 2.24) is 5.32 Å². The van der Waals surface area contributed by atoms with Crippen molar-refractivity contribution in [2.75, 3.05) is 20.2 Å². The predicted molar refractivity (Wildman–Crippen MR) is 84.9 cm³/mol. The Kier molecular flexibility index (Phi) is 4.81. The summed E-state index contributed by atoms with van der Waals surface area (Å²) in [6.45, 7) is 2.01. The summed E-state index contributed by atoms with van der Waals surface area (Å²) >= 11 is 0. The van der Waals surface area contributed by atoms with E-state index in [0.29, 0.717) is 6.10 Å². The van der Waals surface area contributed by atoms with Crippen molar-refractivity contribution < 1.29 is 9.47 Å². The maximum absolute atomic E-state index is 6.31. The van der Waals surface area contributed by atoms with Crippen molar-refractivity contribution in [1.29, 1.82) is 0 Å². The Labute approximate surface area is 128 Å². The lowest BCUT2D eigenvalue weighted by molar-refractivity contribution is -0.0349. The van der Waals surface area contributed by atoms with E-state index in [4.69, 9.17) is 9.47 Å². The molecule has 0 radical (unpaired) electrons. The first-order chi connectivity index (χ1) is 10.3. The van der Waals surface area contributed by atoms with E-state index >= 15 is 0 Å². The van der Waals surface area contributed by atoms with E-state index in [9.17, 15) is 0 Å². The zero-order chi connectivity index (χ0) is 14.5. The van der Waals surface area contributed by atoms with Crippen LogP contribution in [-0.4, -0.2) is 31.9 Å². The first kappa shape index (κ1) is 14.9. The normalized spacial score (nSPS) is 23.8. The highest BCUT2D eigenvalue weighted by atomic mass is 16.5. The maximum Gasteiger partial charge on any atom is 0.118 e. The standard InChI is InChI=1S/C18H27NO2/c1-20-16-6-4-15(5-7-16)9-13-19-14-17-8-12-18(21-17)10-2-3-11-18/h4-7,17,19H,2-3,8-14H2,1H3. The number of ether oxygens (including phenoxy) is 2. The van der Waals surface area contributed by atoms with Crippen LogP contribution in [0.15, 0.2) is 24.3 Å². The smallest absolute Gasteiger partial charge is 0.118 e. The van der Waals surface area contributed by atoms with Gasteiger partial charge in [-0.05, 0) is 56.3 Å². The van der Waals surface area contributed by atoms with Gasteiger partial charge in [0.1, 0.15) is 5.75 Å². The van der Waals surface area contributed by atoms with Crippen LogP contribution in [0.25, 0.3) is 0 Å². The average Bonchev–Trinajstić information content (AvgIpc) is 3.15. The van der Waals surface area contributed by atoms with Gasteiger partial charge in [0.2, 0.25) is 0 Å². The molecule has 1 aliphatic carbocycles. The van der Waals surface area contributed by atoms with Gasteiger partial charge in [-0.2, -0.15) is 0 Å². The third kappa shape index (κ3) is 3.78. The van der Waals surface area contributed by atoms with Gasteiger partial charge in [-0.1, -0.05) is 25.0 Å². The van der Waals surface area contributed by atoms with Gasteiger partial charge in [-0.25, -0.2) is 0 Å². The maximum atomic E-state index is 6.31. The molecule has 1 atom stereocenters. The van der Waals surface area contributed by atoms with Crippen LogP contribution in [0.2, 0.25) is 0 Å². The summed E-state index contributed by atoms with van der Waals surface area (Å²) in [6.07, 6.45) is 9.29. The molecule has 116 valence electrons. The molecule has 1 aromatic rings. The van der Waals surface area contributed by atoms with E-state index in [2.05, 4.69) is 17.4 Å². The second kappa shape index (κ2) is 6.80. The molecule has 3 rings (SSSR count). The van der Waals surface area contributed by atoms with Crippen LogP contribution in [0.4, 0.5) is 0 Å². The molecule has 1 saturated carbocycles. The van der Waals surface area contributed by atoms with Gasteiger partial charge in [0, 0.05) is 6.54 Å². The Balaban J connectivity index is 1.35. The summed E-state index contributed by atoms with van der Waals surface area (Å²) < 4.78 is 11.5. The van der Waals surface area contributed by atoms with E-state index in [0.717, 1.165) is 25.3 Å². The van der Waals surface area contributed by atoms with Crippen molar-refractivity contribution in [2.45, 2.75) is 56.7 Å². The van der Waals surface area contributed by atoms with Crippen LogP contribution in [0.1, 0.15) is 44.1 Å². The molecule has 1 heterocycles. The summed E-state index contributed by atoms with van der Waals surface area (Å²) in [5.41, 5.74) is 1.62. The molecule has 2 fully saturated rings. The molecule has 2 aliphatic rings. The van der Waals surface area contributed by atoms with Crippen LogP contribution in [-0.2, 0) is 11.2 Å². The second-order valence-electron chi connectivity index (χ2n) is 6.47. The fourth-order valence-electron chi connectivity index (χ4n) is 3.71. The Morgan fingerprint density at radius 2 is 1.95 bits per heavy atom. The summed E-state index contributed by atoms with van der Waals surface area (Å²) in [4.78, 5) is 0.